The zero-order valence-corrected chi connectivity index (χ0v) is 12.2. The summed E-state index contributed by atoms with van der Waals surface area (Å²) in [6, 6.07) is 0. The minimum atomic E-state index is -0.919. The van der Waals surface area contributed by atoms with Crippen molar-refractivity contribution in [3.63, 3.8) is 0 Å². The third-order valence-corrected chi connectivity index (χ3v) is 4.50. The predicted octanol–water partition coefficient (Wildman–Crippen LogP) is 4.05. The largest absolute Gasteiger partial charge is 0.298 e. The van der Waals surface area contributed by atoms with Crippen LogP contribution in [0.25, 0.3) is 0 Å². The summed E-state index contributed by atoms with van der Waals surface area (Å²) in [4.78, 5) is 22.8. The molecule has 0 heterocycles. The Labute approximate surface area is 107 Å². The molecule has 0 aromatic rings. The van der Waals surface area contributed by atoms with E-state index in [1.54, 1.807) is 0 Å². The Morgan fingerprint density at radius 3 is 1.81 bits per heavy atom. The van der Waals surface area contributed by atoms with Crippen LogP contribution in [-0.4, -0.2) is 15.9 Å². The zero-order valence-electron chi connectivity index (χ0n) is 10.6. The van der Waals surface area contributed by atoms with E-state index in [1.165, 1.54) is 39.5 Å². The van der Waals surface area contributed by atoms with Crippen molar-refractivity contribution in [1.29, 1.82) is 0 Å². The number of unbranched alkanes of at least 4 members (excludes halogenated alkanes) is 5. The molecule has 2 nitrogen and oxygen atoms in total. The van der Waals surface area contributed by atoms with E-state index in [0.29, 0.717) is 6.42 Å². The average molecular weight is 291 g/mol. The van der Waals surface area contributed by atoms with E-state index < -0.39 is 4.32 Å². The Hall–Kier alpha value is -0.180. The minimum absolute atomic E-state index is 0.0754. The lowest BCUT2D eigenvalue weighted by Crippen LogP contribution is -2.37. The van der Waals surface area contributed by atoms with Crippen LogP contribution in [0.3, 0.4) is 0 Å². The predicted molar refractivity (Wildman–Crippen MR) is 71.0 cm³/mol. The fourth-order valence-electron chi connectivity index (χ4n) is 1.75. The summed E-state index contributed by atoms with van der Waals surface area (Å²) in [5, 5.41) is 0. The van der Waals surface area contributed by atoms with Gasteiger partial charge in [-0.05, 0) is 20.3 Å². The maximum absolute atomic E-state index is 11.4. The Morgan fingerprint density at radius 2 is 1.38 bits per heavy atom. The molecule has 0 aliphatic heterocycles. The Balaban J connectivity index is 3.88. The number of carbonyl (C=O) groups is 2. The molecule has 0 bridgehead atoms. The third-order valence-electron chi connectivity index (χ3n) is 2.99. The molecule has 0 aliphatic carbocycles. The van der Waals surface area contributed by atoms with E-state index in [4.69, 9.17) is 0 Å². The van der Waals surface area contributed by atoms with Crippen molar-refractivity contribution in [2.45, 2.75) is 70.0 Å². The van der Waals surface area contributed by atoms with Crippen LogP contribution in [0.1, 0.15) is 65.7 Å². The highest BCUT2D eigenvalue weighted by Crippen LogP contribution is 2.28. The summed E-state index contributed by atoms with van der Waals surface area (Å²) < 4.78 is -0.919. The maximum atomic E-state index is 11.4. The summed E-state index contributed by atoms with van der Waals surface area (Å²) in [6.07, 6.45) is 7.65. The number of hydrogen-bond acceptors (Lipinski definition) is 2. The number of alkyl halides is 1. The number of carbonyl (C=O) groups excluding carboxylic acids is 2. The topological polar surface area (TPSA) is 34.1 Å². The van der Waals surface area contributed by atoms with Gasteiger partial charge in [0.25, 0.3) is 0 Å². The van der Waals surface area contributed by atoms with Crippen LogP contribution in [0.5, 0.6) is 0 Å². The molecule has 0 saturated carbocycles. The second-order valence-electron chi connectivity index (χ2n) is 4.43. The van der Waals surface area contributed by atoms with Gasteiger partial charge >= 0.3 is 0 Å². The van der Waals surface area contributed by atoms with Gasteiger partial charge in [-0.2, -0.15) is 0 Å². The molecule has 0 unspecified atom stereocenters. The molecule has 0 radical (unpaired) electrons. The van der Waals surface area contributed by atoms with Gasteiger partial charge in [-0.3, -0.25) is 9.59 Å². The van der Waals surface area contributed by atoms with Crippen molar-refractivity contribution >= 4 is 27.5 Å². The monoisotopic (exact) mass is 290 g/mol. The quantitative estimate of drug-likeness (QED) is 0.365. The second-order valence-corrected chi connectivity index (χ2v) is 5.79. The minimum Gasteiger partial charge on any atom is -0.298 e. The Bertz CT molecular complexity index is 222. The van der Waals surface area contributed by atoms with Crippen molar-refractivity contribution in [3.05, 3.63) is 0 Å². The summed E-state index contributed by atoms with van der Waals surface area (Å²) in [7, 11) is 0. The average Bonchev–Trinajstić information content (AvgIpc) is 2.22. The molecule has 16 heavy (non-hydrogen) atoms. The standard InChI is InChI=1S/C13H23BrO2/c1-4-5-6-7-8-9-10-13(14,11(2)15)12(3)16/h4-10H2,1-3H3. The lowest BCUT2D eigenvalue weighted by Gasteiger charge is -2.21. The first-order chi connectivity index (χ1) is 7.45. The number of rotatable bonds is 9. The lowest BCUT2D eigenvalue weighted by atomic mass is 9.93. The highest BCUT2D eigenvalue weighted by Gasteiger charge is 2.36. The van der Waals surface area contributed by atoms with Crippen LogP contribution in [0, 0.1) is 0 Å². The van der Waals surface area contributed by atoms with Gasteiger partial charge < -0.3 is 0 Å². The SMILES string of the molecule is CCCCCCCCC(Br)(C(C)=O)C(C)=O. The van der Waals surface area contributed by atoms with Gasteiger partial charge in [0.05, 0.1) is 0 Å². The smallest absolute Gasteiger partial charge is 0.153 e. The molecule has 0 fully saturated rings. The van der Waals surface area contributed by atoms with Gasteiger partial charge in [-0.1, -0.05) is 61.4 Å². The highest BCUT2D eigenvalue weighted by molar-refractivity contribution is 9.10. The Kier molecular flexibility index (Phi) is 7.90. The summed E-state index contributed by atoms with van der Waals surface area (Å²) in [5.74, 6) is -0.151. The molecule has 0 aromatic carbocycles. The van der Waals surface area contributed by atoms with Crippen LogP contribution in [0.4, 0.5) is 0 Å². The number of hydrogen-bond donors (Lipinski definition) is 0. The molecule has 0 aliphatic rings. The second kappa shape index (κ2) is 7.99. The third kappa shape index (κ3) is 5.24. The van der Waals surface area contributed by atoms with Crippen LogP contribution < -0.4 is 0 Å². The first-order valence-corrected chi connectivity index (χ1v) is 6.95. The first-order valence-electron chi connectivity index (χ1n) is 6.16. The molecule has 0 atom stereocenters. The molecule has 0 amide bonds. The summed E-state index contributed by atoms with van der Waals surface area (Å²) in [6.45, 7) is 5.15. The zero-order chi connectivity index (χ0) is 12.6. The van der Waals surface area contributed by atoms with Crippen molar-refractivity contribution in [2.24, 2.45) is 0 Å². The molecule has 0 N–H and O–H groups in total. The van der Waals surface area contributed by atoms with Gasteiger partial charge in [-0.15, -0.1) is 0 Å². The van der Waals surface area contributed by atoms with Crippen molar-refractivity contribution < 1.29 is 9.59 Å². The van der Waals surface area contributed by atoms with Crippen molar-refractivity contribution in [2.75, 3.05) is 0 Å². The van der Waals surface area contributed by atoms with E-state index >= 15 is 0 Å². The van der Waals surface area contributed by atoms with E-state index in [2.05, 4.69) is 22.9 Å². The number of ketones is 2. The molecule has 0 spiro atoms. The van der Waals surface area contributed by atoms with Crippen LogP contribution in [-0.2, 0) is 9.59 Å². The molecule has 0 rings (SSSR count). The number of halogens is 1. The first kappa shape index (κ1) is 15.8. The normalized spacial score (nSPS) is 11.5. The summed E-state index contributed by atoms with van der Waals surface area (Å²) in [5.41, 5.74) is 0. The van der Waals surface area contributed by atoms with E-state index in [-0.39, 0.29) is 11.6 Å². The fraction of sp³-hybridized carbons (Fsp3) is 0.846. The molecule has 3 heteroatoms. The van der Waals surface area contributed by atoms with Crippen LogP contribution in [0.15, 0.2) is 0 Å². The highest BCUT2D eigenvalue weighted by atomic mass is 79.9. The van der Waals surface area contributed by atoms with E-state index in [1.807, 2.05) is 0 Å². The van der Waals surface area contributed by atoms with Crippen LogP contribution >= 0.6 is 15.9 Å². The maximum Gasteiger partial charge on any atom is 0.153 e. The molecule has 0 saturated heterocycles. The Morgan fingerprint density at radius 1 is 0.938 bits per heavy atom. The van der Waals surface area contributed by atoms with Gasteiger partial charge in [0.15, 0.2) is 11.6 Å². The van der Waals surface area contributed by atoms with Gasteiger partial charge in [0, 0.05) is 0 Å². The van der Waals surface area contributed by atoms with Crippen LogP contribution in [0.2, 0.25) is 0 Å². The van der Waals surface area contributed by atoms with Gasteiger partial charge in [-0.25, -0.2) is 0 Å². The van der Waals surface area contributed by atoms with Crippen molar-refractivity contribution in [3.8, 4) is 0 Å². The molecular formula is C13H23BrO2. The van der Waals surface area contributed by atoms with Gasteiger partial charge in [0.1, 0.15) is 4.32 Å². The van der Waals surface area contributed by atoms with Crippen molar-refractivity contribution in [1.82, 2.24) is 0 Å². The van der Waals surface area contributed by atoms with Gasteiger partial charge in [0.2, 0.25) is 0 Å². The molecule has 94 valence electrons. The molecular weight excluding hydrogens is 268 g/mol. The lowest BCUT2D eigenvalue weighted by molar-refractivity contribution is -0.128. The van der Waals surface area contributed by atoms with E-state index in [0.717, 1.165) is 12.8 Å². The summed E-state index contributed by atoms with van der Waals surface area (Å²) >= 11 is 3.30. The molecule has 0 aromatic heterocycles. The number of Topliss-reactive ketones (excluding diaryl/α,β-unsaturated/α-hetero) is 2. The van der Waals surface area contributed by atoms with E-state index in [9.17, 15) is 9.59 Å². The fourth-order valence-corrected chi connectivity index (χ4v) is 2.03.